The van der Waals surface area contributed by atoms with E-state index in [9.17, 15) is 9.59 Å². The Balaban J connectivity index is 1.27. The van der Waals surface area contributed by atoms with Gasteiger partial charge in [-0.25, -0.2) is 4.98 Å². The Labute approximate surface area is 195 Å². The number of fused-ring (bicyclic) bond motifs is 1. The summed E-state index contributed by atoms with van der Waals surface area (Å²) < 4.78 is 6.23. The third-order valence-corrected chi connectivity index (χ3v) is 5.97. The van der Waals surface area contributed by atoms with Gasteiger partial charge < -0.3 is 15.4 Å². The van der Waals surface area contributed by atoms with Crippen LogP contribution in [0.5, 0.6) is 5.75 Å². The van der Waals surface area contributed by atoms with E-state index in [4.69, 9.17) is 4.74 Å². The molecule has 3 aromatic carbocycles. The van der Waals surface area contributed by atoms with Gasteiger partial charge in [0, 0.05) is 30.3 Å². The van der Waals surface area contributed by atoms with E-state index in [2.05, 4.69) is 15.6 Å². The maximum Gasteiger partial charge on any atom is 0.244 e. The summed E-state index contributed by atoms with van der Waals surface area (Å²) in [5, 5.41) is 6.52. The Bertz CT molecular complexity index is 1260. The molecule has 4 aromatic rings. The average Bonchev–Trinajstić information content (AvgIpc) is 3.28. The number of ether oxygens (including phenoxy) is 1. The third kappa shape index (κ3) is 6.05. The van der Waals surface area contributed by atoms with Gasteiger partial charge in [-0.15, -0.1) is 11.3 Å². The molecule has 1 heterocycles. The predicted octanol–water partition coefficient (Wildman–Crippen LogP) is 5.13. The molecule has 0 aliphatic carbocycles. The lowest BCUT2D eigenvalue weighted by molar-refractivity contribution is -0.117. The minimum absolute atomic E-state index is 0.170. The molecule has 7 heteroatoms. The van der Waals surface area contributed by atoms with Crippen LogP contribution in [0.15, 0.2) is 78.9 Å². The lowest BCUT2D eigenvalue weighted by Gasteiger charge is -2.07. The Morgan fingerprint density at radius 1 is 1.03 bits per heavy atom. The smallest absolute Gasteiger partial charge is 0.244 e. The van der Waals surface area contributed by atoms with Crippen LogP contribution < -0.4 is 15.4 Å². The average molecular weight is 458 g/mol. The van der Waals surface area contributed by atoms with Crippen LogP contribution in [0.25, 0.3) is 26.9 Å². The highest BCUT2D eigenvalue weighted by Gasteiger charge is 2.08. The summed E-state index contributed by atoms with van der Waals surface area (Å²) in [6.45, 7) is 0.245. The summed E-state index contributed by atoms with van der Waals surface area (Å²) in [6, 6.07) is 23.0. The van der Waals surface area contributed by atoms with Crippen molar-refractivity contribution in [2.75, 3.05) is 19.0 Å². The van der Waals surface area contributed by atoms with Crippen LogP contribution in [0.3, 0.4) is 0 Å². The van der Waals surface area contributed by atoms with Gasteiger partial charge in [-0.1, -0.05) is 36.4 Å². The molecule has 0 aliphatic rings. The molecule has 0 bridgehead atoms. The van der Waals surface area contributed by atoms with Crippen LogP contribution in [0, 0.1) is 0 Å². The maximum absolute atomic E-state index is 12.3. The molecule has 0 radical (unpaired) electrons. The van der Waals surface area contributed by atoms with Crippen molar-refractivity contribution in [3.63, 3.8) is 0 Å². The normalized spacial score (nSPS) is 10.9. The second-order valence-electron chi connectivity index (χ2n) is 7.26. The summed E-state index contributed by atoms with van der Waals surface area (Å²) in [4.78, 5) is 29.0. The van der Waals surface area contributed by atoms with Gasteiger partial charge in [0.25, 0.3) is 0 Å². The Morgan fingerprint density at radius 2 is 1.85 bits per heavy atom. The minimum atomic E-state index is -0.253. The largest absolute Gasteiger partial charge is 0.497 e. The molecule has 166 valence electrons. The Morgan fingerprint density at radius 3 is 2.64 bits per heavy atom. The lowest BCUT2D eigenvalue weighted by atomic mass is 10.2. The van der Waals surface area contributed by atoms with E-state index in [0.717, 1.165) is 32.1 Å². The molecule has 0 atom stereocenters. The zero-order chi connectivity index (χ0) is 23.0. The van der Waals surface area contributed by atoms with Gasteiger partial charge in [-0.3, -0.25) is 9.59 Å². The second-order valence-corrected chi connectivity index (χ2v) is 8.29. The number of nitrogens with zero attached hydrogens (tertiary/aromatic N) is 1. The molecule has 1 aromatic heterocycles. The van der Waals surface area contributed by atoms with Crippen LogP contribution in [0.2, 0.25) is 0 Å². The summed E-state index contributed by atoms with van der Waals surface area (Å²) in [7, 11) is 1.60. The standard InChI is InChI=1S/C26H23N3O3S/c1-32-21-12-9-18(10-13-21)11-14-24(30)27-16-15-25(31)28-20-6-4-5-19(17-20)26-29-22-7-2-3-8-23(22)33-26/h2-14,17H,15-16H2,1H3,(H,27,30)(H,28,31)/b14-11+. The monoisotopic (exact) mass is 457 g/mol. The van der Waals surface area contributed by atoms with Crippen molar-refractivity contribution in [2.24, 2.45) is 0 Å². The number of benzene rings is 3. The topological polar surface area (TPSA) is 80.3 Å². The number of rotatable bonds is 8. The van der Waals surface area contributed by atoms with E-state index < -0.39 is 0 Å². The number of methoxy groups -OCH3 is 1. The van der Waals surface area contributed by atoms with Gasteiger partial charge in [0.15, 0.2) is 0 Å². The van der Waals surface area contributed by atoms with E-state index in [1.807, 2.05) is 72.8 Å². The van der Waals surface area contributed by atoms with Crippen molar-refractivity contribution in [2.45, 2.75) is 6.42 Å². The summed E-state index contributed by atoms with van der Waals surface area (Å²) >= 11 is 1.62. The van der Waals surface area contributed by atoms with Crippen LogP contribution in [0.4, 0.5) is 5.69 Å². The third-order valence-electron chi connectivity index (χ3n) is 4.88. The molecule has 6 nitrogen and oxygen atoms in total. The quantitative estimate of drug-likeness (QED) is 0.360. The zero-order valence-corrected chi connectivity index (χ0v) is 18.9. The molecule has 33 heavy (non-hydrogen) atoms. The fourth-order valence-electron chi connectivity index (χ4n) is 3.19. The first-order chi connectivity index (χ1) is 16.1. The molecule has 0 unspecified atom stereocenters. The molecular weight excluding hydrogens is 434 g/mol. The van der Waals surface area contributed by atoms with Crippen molar-refractivity contribution >= 4 is 45.1 Å². The maximum atomic E-state index is 12.3. The van der Waals surface area contributed by atoms with Crippen LogP contribution >= 0.6 is 11.3 Å². The highest BCUT2D eigenvalue weighted by molar-refractivity contribution is 7.21. The number of anilines is 1. The molecule has 2 N–H and O–H groups in total. The SMILES string of the molecule is COc1ccc(/C=C/C(=O)NCCC(=O)Nc2cccc(-c3nc4ccccc4s3)c2)cc1. The van der Waals surface area contributed by atoms with Gasteiger partial charge in [0.1, 0.15) is 10.8 Å². The molecule has 0 saturated heterocycles. The van der Waals surface area contributed by atoms with Gasteiger partial charge in [0.2, 0.25) is 11.8 Å². The molecule has 2 amide bonds. The van der Waals surface area contributed by atoms with Gasteiger partial charge in [-0.05, 0) is 48.0 Å². The van der Waals surface area contributed by atoms with E-state index in [1.54, 1.807) is 24.5 Å². The number of hydrogen-bond acceptors (Lipinski definition) is 5. The van der Waals surface area contributed by atoms with Crippen molar-refractivity contribution in [3.8, 4) is 16.3 Å². The highest BCUT2D eigenvalue weighted by atomic mass is 32.1. The van der Waals surface area contributed by atoms with Crippen molar-refractivity contribution < 1.29 is 14.3 Å². The fraction of sp³-hybridized carbons (Fsp3) is 0.115. The van der Waals surface area contributed by atoms with Crippen LogP contribution in [0.1, 0.15) is 12.0 Å². The van der Waals surface area contributed by atoms with E-state index in [0.29, 0.717) is 5.69 Å². The predicted molar refractivity (Wildman–Crippen MR) is 133 cm³/mol. The Kier molecular flexibility index (Phi) is 7.12. The summed E-state index contributed by atoms with van der Waals surface area (Å²) in [5.41, 5.74) is 3.49. The number of thiazole rings is 1. The van der Waals surface area contributed by atoms with E-state index in [1.165, 1.54) is 6.08 Å². The second kappa shape index (κ2) is 10.6. The molecule has 0 spiro atoms. The number of para-hydroxylation sites is 1. The number of carbonyl (C=O) groups excluding carboxylic acids is 2. The van der Waals surface area contributed by atoms with Gasteiger partial charge >= 0.3 is 0 Å². The van der Waals surface area contributed by atoms with E-state index in [-0.39, 0.29) is 24.8 Å². The lowest BCUT2D eigenvalue weighted by Crippen LogP contribution is -2.26. The summed E-state index contributed by atoms with van der Waals surface area (Å²) in [6.07, 6.45) is 3.33. The highest BCUT2D eigenvalue weighted by Crippen LogP contribution is 2.31. The number of nitrogens with one attached hydrogen (secondary N) is 2. The van der Waals surface area contributed by atoms with Gasteiger partial charge in [0.05, 0.1) is 17.3 Å². The number of aromatic nitrogens is 1. The molecule has 0 fully saturated rings. The zero-order valence-electron chi connectivity index (χ0n) is 18.1. The number of hydrogen-bond donors (Lipinski definition) is 2. The first kappa shape index (κ1) is 22.2. The van der Waals surface area contributed by atoms with Crippen molar-refractivity contribution in [1.82, 2.24) is 10.3 Å². The first-order valence-corrected chi connectivity index (χ1v) is 11.3. The van der Waals surface area contributed by atoms with Crippen molar-refractivity contribution in [3.05, 3.63) is 84.4 Å². The van der Waals surface area contributed by atoms with Crippen LogP contribution in [-0.2, 0) is 9.59 Å². The molecule has 4 rings (SSSR count). The Hall–Kier alpha value is -3.97. The molecular formula is C26H23N3O3S. The van der Waals surface area contributed by atoms with Crippen molar-refractivity contribution in [1.29, 1.82) is 0 Å². The first-order valence-electron chi connectivity index (χ1n) is 10.5. The number of carbonyl (C=O) groups is 2. The summed E-state index contributed by atoms with van der Waals surface area (Å²) in [5.74, 6) is 0.334. The van der Waals surface area contributed by atoms with Crippen LogP contribution in [-0.4, -0.2) is 30.5 Å². The molecule has 0 saturated carbocycles. The number of amides is 2. The molecule has 0 aliphatic heterocycles. The minimum Gasteiger partial charge on any atom is -0.497 e. The fourth-order valence-corrected chi connectivity index (χ4v) is 4.16. The van der Waals surface area contributed by atoms with E-state index >= 15 is 0 Å². The van der Waals surface area contributed by atoms with Gasteiger partial charge in [-0.2, -0.15) is 0 Å².